The number of anilines is 1. The molecule has 1 aliphatic heterocycles. The van der Waals surface area contributed by atoms with Crippen LogP contribution in [0.25, 0.3) is 0 Å². The molecule has 0 bridgehead atoms. The number of carbonyl (C=O) groups is 2. The number of nitrogens with zero attached hydrogens (tertiary/aromatic N) is 3. The Bertz CT molecular complexity index is 680. The van der Waals surface area contributed by atoms with Gasteiger partial charge in [-0.2, -0.15) is 0 Å². The Balaban J connectivity index is 2.12. The second-order valence-corrected chi connectivity index (χ2v) is 7.50. The van der Waals surface area contributed by atoms with Crippen LogP contribution in [0.2, 0.25) is 5.15 Å². The van der Waals surface area contributed by atoms with Crippen LogP contribution < -0.4 is 4.90 Å². The standard InChI is InChI=1S/C18H26ClN3O4/c1-6-25-16(23)13-11-14(19)20-15(12(13)2)21-7-9-22(10-8-21)17(24)26-18(3,4)5/h11H,6-10H2,1-5H3. The molecule has 0 saturated carbocycles. The number of rotatable bonds is 3. The van der Waals surface area contributed by atoms with Gasteiger partial charge in [-0.25, -0.2) is 14.6 Å². The highest BCUT2D eigenvalue weighted by atomic mass is 35.5. The number of hydrogen-bond acceptors (Lipinski definition) is 6. The highest BCUT2D eigenvalue weighted by molar-refractivity contribution is 6.30. The third kappa shape index (κ3) is 5.00. The summed E-state index contributed by atoms with van der Waals surface area (Å²) in [5.41, 5.74) is 0.614. The second-order valence-electron chi connectivity index (χ2n) is 7.12. The Labute approximate surface area is 159 Å². The SMILES string of the molecule is CCOC(=O)c1cc(Cl)nc(N2CCN(C(=O)OC(C)(C)C)CC2)c1C. The van der Waals surface area contributed by atoms with Crippen molar-refractivity contribution in [2.24, 2.45) is 0 Å². The maximum absolute atomic E-state index is 12.2. The van der Waals surface area contributed by atoms with Gasteiger partial charge in [0.1, 0.15) is 16.6 Å². The van der Waals surface area contributed by atoms with E-state index >= 15 is 0 Å². The first-order chi connectivity index (χ1) is 12.1. The average molecular weight is 384 g/mol. The largest absolute Gasteiger partial charge is 0.462 e. The van der Waals surface area contributed by atoms with Crippen molar-refractivity contribution in [2.45, 2.75) is 40.2 Å². The fourth-order valence-corrected chi connectivity index (χ4v) is 2.91. The van der Waals surface area contributed by atoms with Crippen molar-refractivity contribution in [3.05, 3.63) is 22.3 Å². The van der Waals surface area contributed by atoms with Gasteiger partial charge in [-0.1, -0.05) is 11.6 Å². The molecular weight excluding hydrogens is 358 g/mol. The van der Waals surface area contributed by atoms with Crippen molar-refractivity contribution in [2.75, 3.05) is 37.7 Å². The van der Waals surface area contributed by atoms with Crippen molar-refractivity contribution >= 4 is 29.5 Å². The number of carbonyl (C=O) groups excluding carboxylic acids is 2. The second kappa shape index (κ2) is 8.12. The summed E-state index contributed by atoms with van der Waals surface area (Å²) in [5, 5.41) is 0.239. The van der Waals surface area contributed by atoms with Gasteiger partial charge in [0.15, 0.2) is 0 Å². The highest BCUT2D eigenvalue weighted by Crippen LogP contribution is 2.26. The molecule has 1 aromatic rings. The number of halogens is 1. The molecule has 2 rings (SSSR count). The Morgan fingerprint density at radius 1 is 1.23 bits per heavy atom. The van der Waals surface area contributed by atoms with Crippen molar-refractivity contribution in [1.82, 2.24) is 9.88 Å². The molecule has 0 spiro atoms. The number of ether oxygens (including phenoxy) is 2. The monoisotopic (exact) mass is 383 g/mol. The Kier molecular flexibility index (Phi) is 6.34. The quantitative estimate of drug-likeness (QED) is 0.589. The van der Waals surface area contributed by atoms with Crippen LogP contribution >= 0.6 is 11.6 Å². The molecule has 1 amide bonds. The molecule has 7 nitrogen and oxygen atoms in total. The minimum Gasteiger partial charge on any atom is -0.462 e. The molecule has 0 aromatic carbocycles. The summed E-state index contributed by atoms with van der Waals surface area (Å²) in [6, 6.07) is 1.52. The zero-order valence-electron chi connectivity index (χ0n) is 16.0. The van der Waals surface area contributed by atoms with Crippen LogP contribution in [0, 0.1) is 6.92 Å². The predicted molar refractivity (Wildman–Crippen MR) is 100.0 cm³/mol. The van der Waals surface area contributed by atoms with Gasteiger partial charge in [0, 0.05) is 31.7 Å². The van der Waals surface area contributed by atoms with Gasteiger partial charge in [0.25, 0.3) is 0 Å². The zero-order chi connectivity index (χ0) is 19.5. The van der Waals surface area contributed by atoms with Crippen LogP contribution in [0.1, 0.15) is 43.6 Å². The van der Waals surface area contributed by atoms with E-state index in [1.165, 1.54) is 6.07 Å². The fraction of sp³-hybridized carbons (Fsp3) is 0.611. The first-order valence-electron chi connectivity index (χ1n) is 8.69. The number of aromatic nitrogens is 1. The van der Waals surface area contributed by atoms with E-state index in [2.05, 4.69) is 4.98 Å². The first kappa shape index (κ1) is 20.3. The average Bonchev–Trinajstić information content (AvgIpc) is 2.55. The van der Waals surface area contributed by atoms with E-state index in [4.69, 9.17) is 21.1 Å². The molecule has 0 atom stereocenters. The van der Waals surface area contributed by atoms with Crippen LogP contribution in [0.15, 0.2) is 6.07 Å². The molecule has 1 saturated heterocycles. The van der Waals surface area contributed by atoms with Crippen molar-refractivity contribution in [1.29, 1.82) is 0 Å². The van der Waals surface area contributed by atoms with Gasteiger partial charge < -0.3 is 19.3 Å². The molecule has 0 aliphatic carbocycles. The van der Waals surface area contributed by atoms with Gasteiger partial charge in [-0.05, 0) is 40.7 Å². The van der Waals surface area contributed by atoms with E-state index < -0.39 is 11.6 Å². The molecule has 0 N–H and O–H groups in total. The smallest absolute Gasteiger partial charge is 0.410 e. The predicted octanol–water partition coefficient (Wildman–Crippen LogP) is 3.28. The van der Waals surface area contributed by atoms with Crippen LogP contribution in [0.4, 0.5) is 10.6 Å². The van der Waals surface area contributed by atoms with E-state index in [9.17, 15) is 9.59 Å². The molecule has 1 aliphatic rings. The van der Waals surface area contributed by atoms with Crippen molar-refractivity contribution < 1.29 is 19.1 Å². The summed E-state index contributed by atoms with van der Waals surface area (Å²) >= 11 is 6.11. The maximum Gasteiger partial charge on any atom is 0.410 e. The highest BCUT2D eigenvalue weighted by Gasteiger charge is 2.28. The van der Waals surface area contributed by atoms with E-state index in [-0.39, 0.29) is 11.2 Å². The number of esters is 1. The van der Waals surface area contributed by atoms with Gasteiger partial charge in [-0.3, -0.25) is 0 Å². The fourth-order valence-electron chi connectivity index (χ4n) is 2.72. The lowest BCUT2D eigenvalue weighted by atomic mass is 10.1. The van der Waals surface area contributed by atoms with Gasteiger partial charge in [0.2, 0.25) is 0 Å². The lowest BCUT2D eigenvalue weighted by Crippen LogP contribution is -2.50. The molecule has 0 radical (unpaired) electrons. The summed E-state index contributed by atoms with van der Waals surface area (Å²) in [4.78, 5) is 32.4. The van der Waals surface area contributed by atoms with Gasteiger partial charge in [-0.15, -0.1) is 0 Å². The Hall–Kier alpha value is -2.02. The molecule has 0 unspecified atom stereocenters. The van der Waals surface area contributed by atoms with Crippen LogP contribution in [0.3, 0.4) is 0 Å². The maximum atomic E-state index is 12.2. The summed E-state index contributed by atoms with van der Waals surface area (Å²) < 4.78 is 10.5. The number of pyridine rings is 1. The molecule has 2 heterocycles. The summed E-state index contributed by atoms with van der Waals surface area (Å²) in [7, 11) is 0. The van der Waals surface area contributed by atoms with E-state index in [1.54, 1.807) is 11.8 Å². The number of hydrogen-bond donors (Lipinski definition) is 0. The Morgan fingerprint density at radius 3 is 2.38 bits per heavy atom. The molecule has 26 heavy (non-hydrogen) atoms. The molecule has 8 heteroatoms. The van der Waals surface area contributed by atoms with E-state index in [0.29, 0.717) is 44.2 Å². The Morgan fingerprint density at radius 2 is 1.85 bits per heavy atom. The van der Waals surface area contributed by atoms with E-state index in [0.717, 1.165) is 5.56 Å². The number of amides is 1. The third-order valence-electron chi connectivity index (χ3n) is 3.94. The van der Waals surface area contributed by atoms with Gasteiger partial charge in [0.05, 0.1) is 12.2 Å². The topological polar surface area (TPSA) is 72.0 Å². The summed E-state index contributed by atoms with van der Waals surface area (Å²) in [6.07, 6.45) is -0.319. The first-order valence-corrected chi connectivity index (χ1v) is 9.07. The summed E-state index contributed by atoms with van der Waals surface area (Å²) in [5.74, 6) is 0.229. The minimum atomic E-state index is -0.520. The molecular formula is C18H26ClN3O4. The van der Waals surface area contributed by atoms with Gasteiger partial charge >= 0.3 is 12.1 Å². The summed E-state index contributed by atoms with van der Waals surface area (Å²) in [6.45, 7) is 11.6. The third-order valence-corrected chi connectivity index (χ3v) is 4.14. The van der Waals surface area contributed by atoms with Crippen molar-refractivity contribution in [3.63, 3.8) is 0 Å². The van der Waals surface area contributed by atoms with Crippen LogP contribution in [-0.4, -0.2) is 60.3 Å². The lowest BCUT2D eigenvalue weighted by molar-refractivity contribution is 0.0240. The van der Waals surface area contributed by atoms with Crippen molar-refractivity contribution in [3.8, 4) is 0 Å². The number of piperazine rings is 1. The van der Waals surface area contributed by atoms with Crippen LogP contribution in [0.5, 0.6) is 0 Å². The normalized spacial score (nSPS) is 15.0. The lowest BCUT2D eigenvalue weighted by Gasteiger charge is -2.36. The molecule has 1 fully saturated rings. The zero-order valence-corrected chi connectivity index (χ0v) is 16.7. The molecule has 144 valence electrons. The molecule has 1 aromatic heterocycles. The van der Waals surface area contributed by atoms with Crippen LogP contribution in [-0.2, 0) is 9.47 Å². The van der Waals surface area contributed by atoms with E-state index in [1.807, 2.05) is 32.6 Å². The minimum absolute atomic E-state index is 0.239.